The Hall–Kier alpha value is -3.58. The third kappa shape index (κ3) is 5.88. The van der Waals surface area contributed by atoms with E-state index in [1.54, 1.807) is 36.0 Å². The van der Waals surface area contributed by atoms with Crippen molar-refractivity contribution >= 4 is 35.2 Å². The molecule has 0 radical (unpaired) electrons. The number of likely N-dealkylation sites (tertiary alicyclic amines) is 1. The molecule has 0 spiro atoms. The standard InChI is InChI=1S/C30H31N3O3S/c34-27-21-37-30(33(27)20-17-22-9-3-1-4-10-22)24-15-13-23(14-16-24)28(35)31-26-12-6-5-11-25(26)29(36)32-18-7-2-8-19-32/h1,3-6,9-16,30H,2,7-8,17-21H2,(H,31,35)/t30-/m0/s1. The van der Waals surface area contributed by atoms with Crippen LogP contribution in [0, 0.1) is 0 Å². The van der Waals surface area contributed by atoms with Crippen LogP contribution in [0.4, 0.5) is 5.69 Å². The van der Waals surface area contributed by atoms with Crippen molar-refractivity contribution in [1.29, 1.82) is 0 Å². The Balaban J connectivity index is 1.25. The highest BCUT2D eigenvalue weighted by Gasteiger charge is 2.32. The fourth-order valence-electron chi connectivity index (χ4n) is 4.91. The molecule has 0 aromatic heterocycles. The second-order valence-electron chi connectivity index (χ2n) is 9.46. The van der Waals surface area contributed by atoms with E-state index < -0.39 is 0 Å². The summed E-state index contributed by atoms with van der Waals surface area (Å²) < 4.78 is 0. The molecule has 2 saturated heterocycles. The zero-order chi connectivity index (χ0) is 25.6. The van der Waals surface area contributed by atoms with Gasteiger partial charge in [-0.1, -0.05) is 54.6 Å². The average Bonchev–Trinajstić information content (AvgIpc) is 3.33. The minimum Gasteiger partial charge on any atom is -0.339 e. The van der Waals surface area contributed by atoms with E-state index in [4.69, 9.17) is 0 Å². The lowest BCUT2D eigenvalue weighted by molar-refractivity contribution is -0.128. The number of rotatable bonds is 7. The molecule has 3 amide bonds. The highest BCUT2D eigenvalue weighted by atomic mass is 32.2. The minimum absolute atomic E-state index is 0.0375. The molecule has 0 unspecified atom stereocenters. The Morgan fingerprint density at radius 3 is 2.32 bits per heavy atom. The Labute approximate surface area is 222 Å². The number of carbonyl (C=O) groups excluding carboxylic acids is 3. The van der Waals surface area contributed by atoms with E-state index in [-0.39, 0.29) is 23.1 Å². The highest BCUT2D eigenvalue weighted by Crippen LogP contribution is 2.38. The van der Waals surface area contributed by atoms with E-state index in [1.807, 2.05) is 52.3 Å². The van der Waals surface area contributed by atoms with Gasteiger partial charge in [0, 0.05) is 25.2 Å². The summed E-state index contributed by atoms with van der Waals surface area (Å²) in [6.45, 7) is 2.17. The second kappa shape index (κ2) is 11.6. The summed E-state index contributed by atoms with van der Waals surface area (Å²) >= 11 is 1.62. The fourth-order valence-corrected chi connectivity index (χ4v) is 6.12. The molecule has 6 nitrogen and oxygen atoms in total. The van der Waals surface area contributed by atoms with Crippen molar-refractivity contribution in [2.75, 3.05) is 30.7 Å². The Kier molecular flexibility index (Phi) is 7.90. The Morgan fingerprint density at radius 1 is 0.865 bits per heavy atom. The number of benzene rings is 3. The van der Waals surface area contributed by atoms with E-state index in [0.717, 1.165) is 44.3 Å². The molecule has 2 fully saturated rings. The van der Waals surface area contributed by atoms with Crippen molar-refractivity contribution < 1.29 is 14.4 Å². The first kappa shape index (κ1) is 25.1. The maximum Gasteiger partial charge on any atom is 0.255 e. The highest BCUT2D eigenvalue weighted by molar-refractivity contribution is 8.00. The zero-order valence-electron chi connectivity index (χ0n) is 20.8. The van der Waals surface area contributed by atoms with Crippen LogP contribution in [0.25, 0.3) is 0 Å². The zero-order valence-corrected chi connectivity index (χ0v) is 21.6. The van der Waals surface area contributed by atoms with Crippen molar-refractivity contribution in [2.24, 2.45) is 0 Å². The summed E-state index contributed by atoms with van der Waals surface area (Å²) in [6, 6.07) is 24.8. The molecule has 0 bridgehead atoms. The molecule has 37 heavy (non-hydrogen) atoms. The first-order valence-corrected chi connectivity index (χ1v) is 13.9. The van der Waals surface area contributed by atoms with Crippen LogP contribution in [0.5, 0.6) is 0 Å². The molecule has 1 atom stereocenters. The number of carbonyl (C=O) groups is 3. The molecular formula is C30H31N3O3S. The minimum atomic E-state index is -0.262. The lowest BCUT2D eigenvalue weighted by Crippen LogP contribution is -2.36. The number of amides is 3. The van der Waals surface area contributed by atoms with Gasteiger partial charge in [-0.2, -0.15) is 0 Å². The first-order chi connectivity index (χ1) is 18.1. The van der Waals surface area contributed by atoms with E-state index in [2.05, 4.69) is 17.4 Å². The normalized spacial score (nSPS) is 17.6. The van der Waals surface area contributed by atoms with Gasteiger partial charge < -0.3 is 15.1 Å². The number of para-hydroxylation sites is 1. The molecule has 2 heterocycles. The van der Waals surface area contributed by atoms with Crippen molar-refractivity contribution in [1.82, 2.24) is 9.80 Å². The van der Waals surface area contributed by atoms with Crippen molar-refractivity contribution in [3.05, 3.63) is 101 Å². The van der Waals surface area contributed by atoms with Gasteiger partial charge in [0.2, 0.25) is 5.91 Å². The number of anilines is 1. The van der Waals surface area contributed by atoms with E-state index in [9.17, 15) is 14.4 Å². The molecule has 0 aliphatic carbocycles. The SMILES string of the molecule is O=C(Nc1ccccc1C(=O)N1CCCCC1)c1ccc([C@@H]2SCC(=O)N2CCc2ccccc2)cc1. The predicted octanol–water partition coefficient (Wildman–Crippen LogP) is 5.38. The molecule has 7 heteroatoms. The van der Waals surface area contributed by atoms with Crippen molar-refractivity contribution in [3.63, 3.8) is 0 Å². The summed E-state index contributed by atoms with van der Waals surface area (Å²) in [7, 11) is 0. The number of nitrogens with one attached hydrogen (secondary N) is 1. The number of hydrogen-bond acceptors (Lipinski definition) is 4. The summed E-state index contributed by atoms with van der Waals surface area (Å²) in [4.78, 5) is 42.5. The van der Waals surface area contributed by atoms with Crippen LogP contribution in [0.3, 0.4) is 0 Å². The quantitative estimate of drug-likeness (QED) is 0.460. The molecule has 3 aromatic carbocycles. The Morgan fingerprint density at radius 2 is 1.57 bits per heavy atom. The summed E-state index contributed by atoms with van der Waals surface area (Å²) in [5.74, 6) is 0.303. The maximum absolute atomic E-state index is 13.1. The van der Waals surface area contributed by atoms with Gasteiger partial charge in [0.25, 0.3) is 11.8 Å². The number of piperidine rings is 1. The van der Waals surface area contributed by atoms with E-state index in [1.165, 1.54) is 5.56 Å². The first-order valence-electron chi connectivity index (χ1n) is 12.8. The maximum atomic E-state index is 13.1. The van der Waals surface area contributed by atoms with Gasteiger partial charge in [0.1, 0.15) is 5.37 Å². The molecule has 2 aliphatic rings. The van der Waals surface area contributed by atoms with E-state index >= 15 is 0 Å². The lowest BCUT2D eigenvalue weighted by Gasteiger charge is -2.27. The summed E-state index contributed by atoms with van der Waals surface area (Å²) in [6.07, 6.45) is 3.98. The number of thioether (sulfide) groups is 1. The molecule has 1 N–H and O–H groups in total. The third-order valence-corrected chi connectivity index (χ3v) is 8.22. The van der Waals surface area contributed by atoms with Gasteiger partial charge in [-0.3, -0.25) is 14.4 Å². The predicted molar refractivity (Wildman–Crippen MR) is 148 cm³/mol. The second-order valence-corrected chi connectivity index (χ2v) is 10.5. The smallest absolute Gasteiger partial charge is 0.255 e. The van der Waals surface area contributed by atoms with Crippen molar-refractivity contribution in [2.45, 2.75) is 31.1 Å². The van der Waals surface area contributed by atoms with Gasteiger partial charge in [-0.15, -0.1) is 11.8 Å². The lowest BCUT2D eigenvalue weighted by atomic mass is 10.1. The monoisotopic (exact) mass is 513 g/mol. The van der Waals surface area contributed by atoms with Crippen LogP contribution < -0.4 is 5.32 Å². The molecule has 190 valence electrons. The average molecular weight is 514 g/mol. The molecule has 3 aromatic rings. The molecular weight excluding hydrogens is 482 g/mol. The topological polar surface area (TPSA) is 69.7 Å². The summed E-state index contributed by atoms with van der Waals surface area (Å²) in [5, 5.41) is 2.87. The van der Waals surface area contributed by atoms with Crippen LogP contribution in [0.15, 0.2) is 78.9 Å². The van der Waals surface area contributed by atoms with Gasteiger partial charge in [0.05, 0.1) is 17.0 Å². The third-order valence-electron chi connectivity index (χ3n) is 6.96. The van der Waals surface area contributed by atoms with Gasteiger partial charge in [-0.05, 0) is 61.1 Å². The molecule has 2 aliphatic heterocycles. The van der Waals surface area contributed by atoms with Crippen LogP contribution in [0.2, 0.25) is 0 Å². The van der Waals surface area contributed by atoms with Crippen LogP contribution in [0.1, 0.15) is 56.5 Å². The molecule has 5 rings (SSSR count). The number of nitrogens with zero attached hydrogens (tertiary/aromatic N) is 2. The Bertz CT molecular complexity index is 1260. The van der Waals surface area contributed by atoms with Crippen molar-refractivity contribution in [3.8, 4) is 0 Å². The van der Waals surface area contributed by atoms with Gasteiger partial charge in [0.15, 0.2) is 0 Å². The van der Waals surface area contributed by atoms with E-state index in [0.29, 0.717) is 29.1 Å². The van der Waals surface area contributed by atoms with Crippen LogP contribution >= 0.6 is 11.8 Å². The number of hydrogen-bond donors (Lipinski definition) is 1. The molecule has 0 saturated carbocycles. The van der Waals surface area contributed by atoms with Gasteiger partial charge >= 0.3 is 0 Å². The van der Waals surface area contributed by atoms with Crippen LogP contribution in [-0.4, -0.2) is 52.9 Å². The summed E-state index contributed by atoms with van der Waals surface area (Å²) in [5.41, 5.74) is 3.76. The largest absolute Gasteiger partial charge is 0.339 e. The van der Waals surface area contributed by atoms with Gasteiger partial charge in [-0.25, -0.2) is 0 Å². The van der Waals surface area contributed by atoms with Crippen LogP contribution in [-0.2, 0) is 11.2 Å². The fraction of sp³-hybridized carbons (Fsp3) is 0.300.